The normalized spacial score (nSPS) is 13.6. The Labute approximate surface area is 224 Å². The summed E-state index contributed by atoms with van der Waals surface area (Å²) < 4.78 is 5.26. The van der Waals surface area contributed by atoms with Gasteiger partial charge < -0.3 is 15.4 Å². The highest BCUT2D eigenvalue weighted by molar-refractivity contribution is 7.99. The van der Waals surface area contributed by atoms with Gasteiger partial charge in [-0.15, -0.1) is 16.4 Å². The Morgan fingerprint density at radius 3 is 2.65 bits per heavy atom. The van der Waals surface area contributed by atoms with E-state index in [0.717, 1.165) is 36.1 Å². The summed E-state index contributed by atoms with van der Waals surface area (Å²) in [6, 6.07) is 8.63. The van der Waals surface area contributed by atoms with Crippen molar-refractivity contribution < 1.29 is 19.1 Å². The number of aromatic nitrogens is 3. The second-order valence-electron chi connectivity index (χ2n) is 9.04. The zero-order valence-corrected chi connectivity index (χ0v) is 22.8. The lowest BCUT2D eigenvalue weighted by Crippen LogP contribution is -2.32. The van der Waals surface area contributed by atoms with Crippen molar-refractivity contribution in [1.29, 1.82) is 0 Å². The molecule has 0 saturated carbocycles. The van der Waals surface area contributed by atoms with Gasteiger partial charge in [-0.1, -0.05) is 43.8 Å². The average molecular weight is 542 g/mol. The molecule has 0 fully saturated rings. The zero-order valence-electron chi connectivity index (χ0n) is 21.1. The van der Waals surface area contributed by atoms with Gasteiger partial charge in [-0.3, -0.25) is 14.7 Å². The number of nitrogens with one attached hydrogen (secondary N) is 3. The second-order valence-corrected chi connectivity index (χ2v) is 11.1. The van der Waals surface area contributed by atoms with Crippen LogP contribution in [0.1, 0.15) is 76.6 Å². The fourth-order valence-corrected chi connectivity index (χ4v) is 6.09. The molecule has 1 atom stereocenters. The molecule has 3 N–H and O–H groups in total. The van der Waals surface area contributed by atoms with Crippen LogP contribution in [0.5, 0.6) is 0 Å². The minimum atomic E-state index is -0.388. The van der Waals surface area contributed by atoms with Gasteiger partial charge in [-0.05, 0) is 56.2 Å². The van der Waals surface area contributed by atoms with Gasteiger partial charge in [0.2, 0.25) is 11.1 Å². The number of amides is 2. The van der Waals surface area contributed by atoms with E-state index < -0.39 is 0 Å². The molecule has 37 heavy (non-hydrogen) atoms. The number of H-pyrrole nitrogens is 1. The zero-order chi connectivity index (χ0) is 26.4. The van der Waals surface area contributed by atoms with Crippen LogP contribution < -0.4 is 10.6 Å². The van der Waals surface area contributed by atoms with Crippen LogP contribution in [0, 0.1) is 5.92 Å². The minimum Gasteiger partial charge on any atom is -0.462 e. The Morgan fingerprint density at radius 1 is 1.16 bits per heavy atom. The monoisotopic (exact) mass is 541 g/mol. The largest absolute Gasteiger partial charge is 0.462 e. The SMILES string of the molecule is CCOC(=O)c1c(NC(=O)CSc2n[nH]c(C(NC(=O)c3ccccc3)C(C)C)n2)sc2c1CCCC2. The number of fused-ring (bicyclic) bond motifs is 1. The summed E-state index contributed by atoms with van der Waals surface area (Å²) >= 11 is 2.64. The molecular weight excluding hydrogens is 510 g/mol. The number of nitrogens with zero attached hydrogens (tertiary/aromatic N) is 2. The first-order valence-electron chi connectivity index (χ1n) is 12.4. The quantitative estimate of drug-likeness (QED) is 0.249. The molecule has 11 heteroatoms. The van der Waals surface area contributed by atoms with Crippen LogP contribution in [0.2, 0.25) is 0 Å². The summed E-state index contributed by atoms with van der Waals surface area (Å²) in [6.07, 6.45) is 3.84. The molecule has 196 valence electrons. The Hall–Kier alpha value is -3.18. The van der Waals surface area contributed by atoms with Gasteiger partial charge in [0.15, 0.2) is 0 Å². The van der Waals surface area contributed by atoms with Crippen LogP contribution >= 0.6 is 23.1 Å². The molecule has 4 rings (SSSR count). The highest BCUT2D eigenvalue weighted by Gasteiger charge is 2.27. The fraction of sp³-hybridized carbons (Fsp3) is 0.423. The van der Waals surface area contributed by atoms with Crippen LogP contribution in [0.25, 0.3) is 0 Å². The number of thioether (sulfide) groups is 1. The van der Waals surface area contributed by atoms with Crippen molar-refractivity contribution in [3.8, 4) is 0 Å². The highest BCUT2D eigenvalue weighted by atomic mass is 32.2. The Morgan fingerprint density at radius 2 is 1.92 bits per heavy atom. The standard InChI is InChI=1S/C26H31N5O4S2/c1-4-35-25(34)20-17-12-8-9-13-18(17)37-24(20)27-19(32)14-36-26-29-22(30-31-26)21(15(2)3)28-23(33)16-10-6-5-7-11-16/h5-7,10-11,15,21H,4,8-9,12-14H2,1-3H3,(H,27,32)(H,28,33)(H,29,30,31). The molecule has 2 amide bonds. The molecule has 3 aromatic rings. The third kappa shape index (κ3) is 6.58. The molecular formula is C26H31N5O4S2. The first-order chi connectivity index (χ1) is 17.9. The molecule has 1 aliphatic carbocycles. The van der Waals surface area contributed by atoms with Gasteiger partial charge in [0.1, 0.15) is 10.8 Å². The third-order valence-corrected chi connectivity index (χ3v) is 8.06. The molecule has 9 nitrogen and oxygen atoms in total. The Bertz CT molecular complexity index is 1260. The van der Waals surface area contributed by atoms with E-state index in [-0.39, 0.29) is 42.1 Å². The van der Waals surface area contributed by atoms with Crippen LogP contribution in [0.4, 0.5) is 5.00 Å². The third-order valence-electron chi connectivity index (χ3n) is 6.00. The maximum Gasteiger partial charge on any atom is 0.341 e. The lowest BCUT2D eigenvalue weighted by atomic mass is 9.95. The van der Waals surface area contributed by atoms with Crippen molar-refractivity contribution in [3.63, 3.8) is 0 Å². The van der Waals surface area contributed by atoms with Crippen molar-refractivity contribution in [2.45, 2.75) is 57.7 Å². The van der Waals surface area contributed by atoms with Gasteiger partial charge in [0, 0.05) is 10.4 Å². The summed E-state index contributed by atoms with van der Waals surface area (Å²) in [5.74, 6) is -0.171. The van der Waals surface area contributed by atoms with E-state index in [9.17, 15) is 14.4 Å². The summed E-state index contributed by atoms with van der Waals surface area (Å²) in [7, 11) is 0. The second kappa shape index (κ2) is 12.4. The molecule has 0 spiro atoms. The number of esters is 1. The molecule has 0 radical (unpaired) electrons. The Balaban J connectivity index is 1.39. The molecule has 0 saturated heterocycles. The smallest absolute Gasteiger partial charge is 0.341 e. The van der Waals surface area contributed by atoms with Gasteiger partial charge in [-0.25, -0.2) is 9.78 Å². The number of rotatable bonds is 10. The number of anilines is 1. The van der Waals surface area contributed by atoms with Crippen molar-refractivity contribution in [2.75, 3.05) is 17.7 Å². The lowest BCUT2D eigenvalue weighted by molar-refractivity contribution is -0.113. The molecule has 0 aliphatic heterocycles. The topological polar surface area (TPSA) is 126 Å². The number of carbonyl (C=O) groups excluding carboxylic acids is 3. The van der Waals surface area contributed by atoms with Gasteiger partial charge in [0.25, 0.3) is 5.91 Å². The fourth-order valence-electron chi connectivity index (χ4n) is 4.19. The number of aromatic amines is 1. The van der Waals surface area contributed by atoms with Crippen molar-refractivity contribution in [1.82, 2.24) is 20.5 Å². The maximum absolute atomic E-state index is 12.8. The van der Waals surface area contributed by atoms with Crippen molar-refractivity contribution in [2.24, 2.45) is 5.92 Å². The van der Waals surface area contributed by atoms with Crippen LogP contribution in [-0.4, -0.2) is 45.3 Å². The van der Waals surface area contributed by atoms with Crippen molar-refractivity contribution in [3.05, 3.63) is 57.7 Å². The van der Waals surface area contributed by atoms with E-state index in [1.54, 1.807) is 19.1 Å². The maximum atomic E-state index is 12.8. The molecule has 2 aromatic heterocycles. The summed E-state index contributed by atoms with van der Waals surface area (Å²) in [4.78, 5) is 43.7. The number of benzene rings is 1. The number of carbonyl (C=O) groups is 3. The number of thiophene rings is 1. The van der Waals surface area contributed by atoms with E-state index >= 15 is 0 Å². The number of ether oxygens (including phenoxy) is 1. The van der Waals surface area contributed by atoms with Gasteiger partial charge in [0.05, 0.1) is 24.0 Å². The molecule has 2 heterocycles. The van der Waals surface area contributed by atoms with E-state index in [2.05, 4.69) is 25.8 Å². The predicted octanol–water partition coefficient (Wildman–Crippen LogP) is 4.78. The van der Waals surface area contributed by atoms with Gasteiger partial charge in [-0.2, -0.15) is 0 Å². The number of aryl methyl sites for hydroxylation is 1. The predicted molar refractivity (Wildman–Crippen MR) is 144 cm³/mol. The van der Waals surface area contributed by atoms with E-state index in [1.807, 2.05) is 32.0 Å². The molecule has 1 unspecified atom stereocenters. The summed E-state index contributed by atoms with van der Waals surface area (Å²) in [5.41, 5.74) is 2.07. The molecule has 0 bridgehead atoms. The van der Waals surface area contributed by atoms with E-state index in [4.69, 9.17) is 4.74 Å². The molecule has 1 aliphatic rings. The van der Waals surface area contributed by atoms with Gasteiger partial charge >= 0.3 is 5.97 Å². The van der Waals surface area contributed by atoms with Crippen molar-refractivity contribution >= 4 is 45.9 Å². The van der Waals surface area contributed by atoms with E-state index in [0.29, 0.717) is 27.1 Å². The number of hydrogen-bond donors (Lipinski definition) is 3. The summed E-state index contributed by atoms with van der Waals surface area (Å²) in [6.45, 7) is 6.03. The van der Waals surface area contributed by atoms with Crippen LogP contribution in [0.15, 0.2) is 35.5 Å². The van der Waals surface area contributed by atoms with E-state index in [1.165, 1.54) is 23.1 Å². The van der Waals surface area contributed by atoms with Crippen LogP contribution in [-0.2, 0) is 22.4 Å². The first-order valence-corrected chi connectivity index (χ1v) is 14.2. The Kier molecular flexibility index (Phi) is 8.99. The minimum absolute atomic E-state index is 0.0629. The van der Waals surface area contributed by atoms with Crippen LogP contribution in [0.3, 0.4) is 0 Å². The highest BCUT2D eigenvalue weighted by Crippen LogP contribution is 2.38. The first kappa shape index (κ1) is 26.9. The average Bonchev–Trinajstić information content (AvgIpc) is 3.50. The lowest BCUT2D eigenvalue weighted by Gasteiger charge is -2.19. The number of hydrogen-bond acceptors (Lipinski definition) is 8. The molecule has 1 aromatic carbocycles. The summed E-state index contributed by atoms with van der Waals surface area (Å²) in [5, 5.41) is 14.0.